The molecule has 2 nitrogen and oxygen atoms in total. The van der Waals surface area contributed by atoms with E-state index in [1.54, 1.807) is 11.3 Å². The number of hydrogen-bond donors (Lipinski definition) is 1. The summed E-state index contributed by atoms with van der Waals surface area (Å²) < 4.78 is 7.01. The van der Waals surface area contributed by atoms with Crippen molar-refractivity contribution in [2.75, 3.05) is 13.2 Å². The van der Waals surface area contributed by atoms with Gasteiger partial charge in [-0.05, 0) is 46.7 Å². The Morgan fingerprint density at radius 1 is 1.21 bits per heavy atom. The van der Waals surface area contributed by atoms with E-state index in [1.807, 2.05) is 30.3 Å². The van der Waals surface area contributed by atoms with Crippen molar-refractivity contribution >= 4 is 27.3 Å². The van der Waals surface area contributed by atoms with E-state index in [0.29, 0.717) is 12.6 Å². The van der Waals surface area contributed by atoms with Crippen molar-refractivity contribution in [1.82, 2.24) is 5.32 Å². The maximum absolute atomic E-state index is 5.83. The van der Waals surface area contributed by atoms with Crippen molar-refractivity contribution in [2.45, 2.75) is 19.4 Å². The fourth-order valence-corrected chi connectivity index (χ4v) is 3.46. The minimum absolute atomic E-state index is 0.343. The number of thiophene rings is 1. The second-order valence-electron chi connectivity index (χ2n) is 4.29. The highest BCUT2D eigenvalue weighted by molar-refractivity contribution is 9.11. The van der Waals surface area contributed by atoms with Gasteiger partial charge in [0.25, 0.3) is 0 Å². The molecule has 0 bridgehead atoms. The van der Waals surface area contributed by atoms with Gasteiger partial charge in [-0.25, -0.2) is 0 Å². The molecule has 1 unspecified atom stereocenters. The number of benzene rings is 1. The van der Waals surface area contributed by atoms with E-state index in [0.717, 1.165) is 18.7 Å². The smallest absolute Gasteiger partial charge is 0.119 e. The van der Waals surface area contributed by atoms with Crippen molar-refractivity contribution < 1.29 is 4.74 Å². The fourth-order valence-electron chi connectivity index (χ4n) is 1.90. The molecule has 2 aromatic rings. The quantitative estimate of drug-likeness (QED) is 0.819. The third kappa shape index (κ3) is 4.97. The summed E-state index contributed by atoms with van der Waals surface area (Å²) in [5.74, 6) is 0.928. The van der Waals surface area contributed by atoms with Crippen LogP contribution in [0.4, 0.5) is 0 Å². The highest BCUT2D eigenvalue weighted by Crippen LogP contribution is 2.23. The van der Waals surface area contributed by atoms with Crippen LogP contribution in [-0.2, 0) is 6.42 Å². The minimum Gasteiger partial charge on any atom is -0.492 e. The van der Waals surface area contributed by atoms with Gasteiger partial charge in [0, 0.05) is 17.3 Å². The van der Waals surface area contributed by atoms with E-state index >= 15 is 0 Å². The Morgan fingerprint density at radius 3 is 2.63 bits per heavy atom. The molecule has 2 rings (SSSR count). The molecule has 0 fully saturated rings. The van der Waals surface area contributed by atoms with Crippen LogP contribution in [0.3, 0.4) is 0 Å². The molecule has 0 spiro atoms. The van der Waals surface area contributed by atoms with Crippen molar-refractivity contribution in [3.63, 3.8) is 0 Å². The Hall–Kier alpha value is -0.840. The molecule has 1 atom stereocenters. The second-order valence-corrected chi connectivity index (χ2v) is 6.84. The molecule has 1 aromatic carbocycles. The summed E-state index contributed by atoms with van der Waals surface area (Å²) in [7, 11) is 0. The maximum Gasteiger partial charge on any atom is 0.119 e. The minimum atomic E-state index is 0.343. The van der Waals surface area contributed by atoms with Gasteiger partial charge >= 0.3 is 0 Å². The first kappa shape index (κ1) is 14.6. The summed E-state index contributed by atoms with van der Waals surface area (Å²) >= 11 is 5.29. The number of ether oxygens (including phenoxy) is 1. The van der Waals surface area contributed by atoms with Crippen molar-refractivity contribution in [3.8, 4) is 5.75 Å². The first-order chi connectivity index (χ1) is 9.28. The zero-order chi connectivity index (χ0) is 13.5. The summed E-state index contributed by atoms with van der Waals surface area (Å²) in [5.41, 5.74) is 0. The molecule has 0 aliphatic rings. The van der Waals surface area contributed by atoms with Gasteiger partial charge < -0.3 is 10.1 Å². The zero-order valence-corrected chi connectivity index (χ0v) is 13.3. The molecule has 0 aliphatic heterocycles. The van der Waals surface area contributed by atoms with E-state index in [1.165, 1.54) is 8.66 Å². The van der Waals surface area contributed by atoms with Crippen LogP contribution in [0.5, 0.6) is 5.75 Å². The Balaban J connectivity index is 1.89. The predicted octanol–water partition coefficient (Wildman–Crippen LogP) is 4.11. The van der Waals surface area contributed by atoms with Crippen LogP contribution in [0.2, 0.25) is 0 Å². The number of halogens is 1. The Labute approximate surface area is 126 Å². The molecule has 19 heavy (non-hydrogen) atoms. The van der Waals surface area contributed by atoms with Crippen LogP contribution in [0.1, 0.15) is 11.8 Å². The molecule has 0 saturated heterocycles. The lowest BCUT2D eigenvalue weighted by molar-refractivity contribution is 0.265. The summed E-state index contributed by atoms with van der Waals surface area (Å²) in [4.78, 5) is 1.37. The summed E-state index contributed by atoms with van der Waals surface area (Å²) in [6.07, 6.45) is 0.997. The highest BCUT2D eigenvalue weighted by Gasteiger charge is 2.11. The number of nitrogens with one attached hydrogen (secondary N) is 1. The molecular formula is C15H18BrNOS. The largest absolute Gasteiger partial charge is 0.492 e. The highest BCUT2D eigenvalue weighted by atomic mass is 79.9. The fraction of sp³-hybridized carbons (Fsp3) is 0.333. The lowest BCUT2D eigenvalue weighted by atomic mass is 10.2. The molecule has 1 heterocycles. The van der Waals surface area contributed by atoms with Crippen LogP contribution in [0, 0.1) is 0 Å². The molecule has 0 saturated carbocycles. The first-order valence-corrected chi connectivity index (χ1v) is 8.04. The molecule has 102 valence electrons. The van der Waals surface area contributed by atoms with E-state index in [2.05, 4.69) is 40.3 Å². The van der Waals surface area contributed by atoms with Gasteiger partial charge in [0.1, 0.15) is 12.4 Å². The average Bonchev–Trinajstić information content (AvgIpc) is 2.83. The SMILES string of the molecule is CCNC(COc1ccccc1)Cc1ccc(Br)s1. The van der Waals surface area contributed by atoms with Gasteiger partial charge in [0.05, 0.1) is 3.79 Å². The lowest BCUT2D eigenvalue weighted by Gasteiger charge is -2.17. The topological polar surface area (TPSA) is 21.3 Å². The van der Waals surface area contributed by atoms with Gasteiger partial charge in [-0.1, -0.05) is 25.1 Å². The molecular weight excluding hydrogens is 322 g/mol. The van der Waals surface area contributed by atoms with Gasteiger partial charge in [-0.3, -0.25) is 0 Å². The monoisotopic (exact) mass is 339 g/mol. The van der Waals surface area contributed by atoms with Crippen molar-refractivity contribution in [1.29, 1.82) is 0 Å². The summed E-state index contributed by atoms with van der Waals surface area (Å²) in [5, 5.41) is 3.48. The van der Waals surface area contributed by atoms with Crippen LogP contribution in [0.25, 0.3) is 0 Å². The third-order valence-corrected chi connectivity index (χ3v) is 4.41. The number of rotatable bonds is 7. The van der Waals surface area contributed by atoms with Gasteiger partial charge in [-0.15, -0.1) is 11.3 Å². The molecule has 0 aliphatic carbocycles. The van der Waals surface area contributed by atoms with Crippen LogP contribution in [-0.4, -0.2) is 19.2 Å². The van der Waals surface area contributed by atoms with E-state index in [9.17, 15) is 0 Å². The Morgan fingerprint density at radius 2 is 2.00 bits per heavy atom. The normalized spacial score (nSPS) is 12.3. The first-order valence-electron chi connectivity index (χ1n) is 6.43. The van der Waals surface area contributed by atoms with E-state index < -0.39 is 0 Å². The van der Waals surface area contributed by atoms with Crippen LogP contribution < -0.4 is 10.1 Å². The van der Waals surface area contributed by atoms with E-state index in [4.69, 9.17) is 4.74 Å². The molecule has 1 N–H and O–H groups in total. The zero-order valence-electron chi connectivity index (χ0n) is 10.9. The third-order valence-electron chi connectivity index (χ3n) is 2.76. The van der Waals surface area contributed by atoms with Crippen molar-refractivity contribution in [3.05, 3.63) is 51.1 Å². The van der Waals surface area contributed by atoms with E-state index in [-0.39, 0.29) is 0 Å². The number of para-hydroxylation sites is 1. The number of hydrogen-bond acceptors (Lipinski definition) is 3. The Bertz CT molecular complexity index is 486. The Kier molecular flexibility index (Phi) is 5.89. The lowest BCUT2D eigenvalue weighted by Crippen LogP contribution is -2.36. The molecule has 0 radical (unpaired) electrons. The van der Waals surface area contributed by atoms with Crippen LogP contribution in [0.15, 0.2) is 46.3 Å². The van der Waals surface area contributed by atoms with Crippen LogP contribution >= 0.6 is 27.3 Å². The molecule has 4 heteroatoms. The maximum atomic E-state index is 5.83. The van der Waals surface area contributed by atoms with Crippen molar-refractivity contribution in [2.24, 2.45) is 0 Å². The summed E-state index contributed by atoms with van der Waals surface area (Å²) in [6.45, 7) is 3.77. The predicted molar refractivity (Wildman–Crippen MR) is 85.1 cm³/mol. The number of likely N-dealkylation sites (N-methyl/N-ethyl adjacent to an activating group) is 1. The standard InChI is InChI=1S/C15H18BrNOS/c1-2-17-12(10-14-8-9-15(16)19-14)11-18-13-6-4-3-5-7-13/h3-9,12,17H,2,10-11H2,1H3. The molecule has 1 aromatic heterocycles. The second kappa shape index (κ2) is 7.68. The average molecular weight is 340 g/mol. The van der Waals surface area contributed by atoms with Gasteiger partial charge in [-0.2, -0.15) is 0 Å². The molecule has 0 amide bonds. The van der Waals surface area contributed by atoms with Gasteiger partial charge in [0.15, 0.2) is 0 Å². The van der Waals surface area contributed by atoms with Gasteiger partial charge in [0.2, 0.25) is 0 Å². The summed E-state index contributed by atoms with van der Waals surface area (Å²) in [6, 6.07) is 14.6.